The number of nitrogens with one attached hydrogen (secondary N) is 2. The van der Waals surface area contributed by atoms with Gasteiger partial charge in [0.15, 0.2) is 0 Å². The lowest BCUT2D eigenvalue weighted by Gasteiger charge is -2.15. The minimum Gasteiger partial charge on any atom is -0.348 e. The minimum absolute atomic E-state index is 0.120. The molecule has 1 amide bonds. The zero-order valence-electron chi connectivity index (χ0n) is 13.1. The van der Waals surface area contributed by atoms with Crippen LogP contribution in [0, 0.1) is 6.92 Å². The molecule has 5 nitrogen and oxygen atoms in total. The topological polar surface area (TPSA) is 75.3 Å². The van der Waals surface area contributed by atoms with Crippen molar-refractivity contribution in [3.8, 4) is 0 Å². The van der Waals surface area contributed by atoms with Crippen molar-refractivity contribution >= 4 is 15.9 Å². The second kappa shape index (κ2) is 7.39. The van der Waals surface area contributed by atoms with E-state index >= 15 is 0 Å². The van der Waals surface area contributed by atoms with Crippen LogP contribution in [0.4, 0.5) is 0 Å². The van der Waals surface area contributed by atoms with E-state index in [1.807, 2.05) is 13.0 Å². The lowest BCUT2D eigenvalue weighted by Crippen LogP contribution is -2.41. The standard InChI is InChI=1S/C17H20N2O3S/c1-13-8-10-16(11-9-13)23(21,22)18-12-14(2)19-17(20)15-6-4-3-5-7-15/h3-11,14,18H,12H2,1-2H3,(H,19,20)/t14-/m1/s1. The summed E-state index contributed by atoms with van der Waals surface area (Å²) < 4.78 is 26.9. The molecule has 2 aromatic rings. The maximum Gasteiger partial charge on any atom is 0.251 e. The van der Waals surface area contributed by atoms with Gasteiger partial charge in [-0.25, -0.2) is 13.1 Å². The quantitative estimate of drug-likeness (QED) is 0.850. The summed E-state index contributed by atoms with van der Waals surface area (Å²) in [4.78, 5) is 12.2. The first-order valence-corrected chi connectivity index (χ1v) is 8.79. The van der Waals surface area contributed by atoms with Gasteiger partial charge < -0.3 is 5.32 Å². The van der Waals surface area contributed by atoms with E-state index in [1.165, 1.54) is 0 Å². The highest BCUT2D eigenvalue weighted by atomic mass is 32.2. The van der Waals surface area contributed by atoms with Crippen molar-refractivity contribution in [2.45, 2.75) is 24.8 Å². The second-order valence-electron chi connectivity index (χ2n) is 5.41. The van der Waals surface area contributed by atoms with Crippen molar-refractivity contribution in [3.63, 3.8) is 0 Å². The molecule has 0 saturated carbocycles. The Morgan fingerprint density at radius 3 is 2.26 bits per heavy atom. The van der Waals surface area contributed by atoms with Crippen molar-refractivity contribution < 1.29 is 13.2 Å². The molecule has 0 radical (unpaired) electrons. The second-order valence-corrected chi connectivity index (χ2v) is 7.17. The summed E-state index contributed by atoms with van der Waals surface area (Å²) in [7, 11) is -3.57. The van der Waals surface area contributed by atoms with Gasteiger partial charge >= 0.3 is 0 Å². The summed E-state index contributed by atoms with van der Waals surface area (Å²) in [5.41, 5.74) is 1.54. The largest absolute Gasteiger partial charge is 0.348 e. The molecular weight excluding hydrogens is 312 g/mol. The SMILES string of the molecule is Cc1ccc(S(=O)(=O)NC[C@@H](C)NC(=O)c2ccccc2)cc1. The molecule has 0 bridgehead atoms. The molecule has 0 heterocycles. The summed E-state index contributed by atoms with van der Waals surface area (Å²) in [6, 6.07) is 15.1. The summed E-state index contributed by atoms with van der Waals surface area (Å²) in [5.74, 6) is -0.229. The monoisotopic (exact) mass is 332 g/mol. The normalized spacial score (nSPS) is 12.6. The molecule has 6 heteroatoms. The third-order valence-electron chi connectivity index (χ3n) is 3.32. The number of hydrogen-bond acceptors (Lipinski definition) is 3. The first kappa shape index (κ1) is 17.2. The number of aryl methyl sites for hydroxylation is 1. The maximum atomic E-state index is 12.2. The number of hydrogen-bond donors (Lipinski definition) is 2. The number of rotatable bonds is 6. The fourth-order valence-corrected chi connectivity index (χ4v) is 3.11. The van der Waals surface area contributed by atoms with Crippen LogP contribution >= 0.6 is 0 Å². The fraction of sp³-hybridized carbons (Fsp3) is 0.235. The van der Waals surface area contributed by atoms with Crippen LogP contribution in [0.1, 0.15) is 22.8 Å². The molecule has 0 spiro atoms. The third kappa shape index (κ3) is 4.91. The van der Waals surface area contributed by atoms with E-state index in [4.69, 9.17) is 0 Å². The molecule has 0 fully saturated rings. The van der Waals surface area contributed by atoms with E-state index in [9.17, 15) is 13.2 Å². The van der Waals surface area contributed by atoms with E-state index < -0.39 is 10.0 Å². The predicted molar refractivity (Wildman–Crippen MR) is 89.7 cm³/mol. The number of benzene rings is 2. The van der Waals surface area contributed by atoms with Gasteiger partial charge in [0.1, 0.15) is 0 Å². The summed E-state index contributed by atoms with van der Waals surface area (Å²) in [6.45, 7) is 3.76. The zero-order chi connectivity index (χ0) is 16.9. The molecule has 2 rings (SSSR count). The van der Waals surface area contributed by atoms with Crippen molar-refractivity contribution in [2.75, 3.05) is 6.54 Å². The van der Waals surface area contributed by atoms with Crippen molar-refractivity contribution in [1.29, 1.82) is 0 Å². The Morgan fingerprint density at radius 2 is 1.65 bits per heavy atom. The summed E-state index contributed by atoms with van der Waals surface area (Å²) >= 11 is 0. The summed E-state index contributed by atoms with van der Waals surface area (Å²) in [5, 5.41) is 2.76. The Hall–Kier alpha value is -2.18. The molecule has 0 aromatic heterocycles. The van der Waals surface area contributed by atoms with Crippen LogP contribution in [-0.2, 0) is 10.0 Å². The van der Waals surface area contributed by atoms with Crippen LogP contribution in [0.3, 0.4) is 0 Å². The smallest absolute Gasteiger partial charge is 0.251 e. The Morgan fingerprint density at radius 1 is 1.04 bits per heavy atom. The molecular formula is C17H20N2O3S. The van der Waals surface area contributed by atoms with Gasteiger partial charge in [0, 0.05) is 18.2 Å². The molecule has 0 aliphatic rings. The average molecular weight is 332 g/mol. The number of carbonyl (C=O) groups is 1. The molecule has 0 saturated heterocycles. The van der Waals surface area contributed by atoms with Gasteiger partial charge in [0.25, 0.3) is 5.91 Å². The molecule has 122 valence electrons. The van der Waals surface area contributed by atoms with Gasteiger partial charge in [-0.3, -0.25) is 4.79 Å². The Balaban J connectivity index is 1.92. The highest BCUT2D eigenvalue weighted by Gasteiger charge is 2.16. The molecule has 2 N–H and O–H groups in total. The van der Waals surface area contributed by atoms with Crippen LogP contribution in [-0.4, -0.2) is 26.9 Å². The molecule has 1 atom stereocenters. The molecule has 0 aliphatic carbocycles. The highest BCUT2D eigenvalue weighted by Crippen LogP contribution is 2.09. The van der Waals surface area contributed by atoms with Crippen molar-refractivity contribution in [3.05, 3.63) is 65.7 Å². The van der Waals surface area contributed by atoms with Crippen LogP contribution in [0.25, 0.3) is 0 Å². The maximum absolute atomic E-state index is 12.2. The molecule has 0 aliphatic heterocycles. The van der Waals surface area contributed by atoms with Gasteiger partial charge in [-0.15, -0.1) is 0 Å². The van der Waals surface area contributed by atoms with E-state index in [0.717, 1.165) is 5.56 Å². The number of sulfonamides is 1. The van der Waals surface area contributed by atoms with Crippen LogP contribution in [0.2, 0.25) is 0 Å². The predicted octanol–water partition coefficient (Wildman–Crippen LogP) is 2.09. The van der Waals surface area contributed by atoms with E-state index in [1.54, 1.807) is 55.5 Å². The fourth-order valence-electron chi connectivity index (χ4n) is 1.98. The lowest BCUT2D eigenvalue weighted by molar-refractivity contribution is 0.0940. The van der Waals surface area contributed by atoms with E-state index in [2.05, 4.69) is 10.0 Å². The molecule has 0 unspecified atom stereocenters. The van der Waals surface area contributed by atoms with Gasteiger partial charge in [0.2, 0.25) is 10.0 Å². The average Bonchev–Trinajstić information content (AvgIpc) is 2.54. The lowest BCUT2D eigenvalue weighted by atomic mass is 10.2. The molecule has 2 aromatic carbocycles. The summed E-state index contributed by atoms with van der Waals surface area (Å²) in [6.07, 6.45) is 0. The van der Waals surface area contributed by atoms with Gasteiger partial charge in [0.05, 0.1) is 4.90 Å². The number of carbonyl (C=O) groups excluding carboxylic acids is 1. The first-order valence-electron chi connectivity index (χ1n) is 7.31. The number of amides is 1. The zero-order valence-corrected chi connectivity index (χ0v) is 13.9. The highest BCUT2D eigenvalue weighted by molar-refractivity contribution is 7.89. The van der Waals surface area contributed by atoms with Gasteiger partial charge in [-0.2, -0.15) is 0 Å². The van der Waals surface area contributed by atoms with Crippen molar-refractivity contribution in [1.82, 2.24) is 10.0 Å². The third-order valence-corrected chi connectivity index (χ3v) is 4.76. The van der Waals surface area contributed by atoms with Crippen LogP contribution < -0.4 is 10.0 Å². The van der Waals surface area contributed by atoms with Gasteiger partial charge in [-0.05, 0) is 38.1 Å². The van der Waals surface area contributed by atoms with E-state index in [0.29, 0.717) is 5.56 Å². The van der Waals surface area contributed by atoms with Crippen molar-refractivity contribution in [2.24, 2.45) is 0 Å². The Bertz CT molecular complexity index is 756. The van der Waals surface area contributed by atoms with Gasteiger partial charge in [-0.1, -0.05) is 35.9 Å². The van der Waals surface area contributed by atoms with Crippen LogP contribution in [0.15, 0.2) is 59.5 Å². The minimum atomic E-state index is -3.57. The first-order chi connectivity index (χ1) is 10.9. The Kier molecular flexibility index (Phi) is 5.52. The van der Waals surface area contributed by atoms with E-state index in [-0.39, 0.29) is 23.4 Å². The van der Waals surface area contributed by atoms with Crippen LogP contribution in [0.5, 0.6) is 0 Å². The molecule has 23 heavy (non-hydrogen) atoms. The Labute approximate surface area is 136 Å².